The summed E-state index contributed by atoms with van der Waals surface area (Å²) < 4.78 is 0. The Labute approximate surface area is 178 Å². The Balaban J connectivity index is 1.72. The highest BCUT2D eigenvalue weighted by molar-refractivity contribution is 5.77. The van der Waals surface area contributed by atoms with Gasteiger partial charge in [-0.1, -0.05) is 26.0 Å². The van der Waals surface area contributed by atoms with E-state index < -0.39 is 0 Å². The summed E-state index contributed by atoms with van der Waals surface area (Å²) >= 11 is 0. The van der Waals surface area contributed by atoms with Crippen LogP contribution in [0.15, 0.2) is 85.5 Å². The summed E-state index contributed by atoms with van der Waals surface area (Å²) in [6.07, 6.45) is 9.20. The molecule has 0 aliphatic rings. The highest BCUT2D eigenvalue weighted by Crippen LogP contribution is 2.32. The van der Waals surface area contributed by atoms with Gasteiger partial charge in [-0.25, -0.2) is 0 Å². The Hall–Kier alpha value is -3.66. The summed E-state index contributed by atoms with van der Waals surface area (Å²) in [5.74, 6) is 0. The van der Waals surface area contributed by atoms with Crippen molar-refractivity contribution in [2.75, 3.05) is 10.6 Å². The predicted octanol–water partition coefficient (Wildman–Crippen LogP) is 6.76. The van der Waals surface area contributed by atoms with Crippen molar-refractivity contribution in [3.63, 3.8) is 0 Å². The molecule has 0 spiro atoms. The van der Waals surface area contributed by atoms with E-state index in [9.17, 15) is 0 Å². The lowest BCUT2D eigenvalue weighted by Gasteiger charge is -2.15. The first-order valence-electron chi connectivity index (χ1n) is 10.4. The summed E-state index contributed by atoms with van der Waals surface area (Å²) in [4.78, 5) is 8.40. The molecule has 0 unspecified atom stereocenters. The van der Waals surface area contributed by atoms with Crippen molar-refractivity contribution in [3.05, 3.63) is 96.6 Å². The van der Waals surface area contributed by atoms with Gasteiger partial charge in [0.05, 0.1) is 23.8 Å². The van der Waals surface area contributed by atoms with Gasteiger partial charge in [0, 0.05) is 23.8 Å². The van der Waals surface area contributed by atoms with Gasteiger partial charge >= 0.3 is 0 Å². The Bertz CT molecular complexity index is 1110. The van der Waals surface area contributed by atoms with E-state index in [0.29, 0.717) is 0 Å². The number of benzene rings is 2. The van der Waals surface area contributed by atoms with Crippen molar-refractivity contribution < 1.29 is 0 Å². The number of pyridine rings is 2. The summed E-state index contributed by atoms with van der Waals surface area (Å²) in [6, 6.07) is 21.2. The summed E-state index contributed by atoms with van der Waals surface area (Å²) in [5.41, 5.74) is 9.18. The molecule has 4 nitrogen and oxygen atoms in total. The zero-order chi connectivity index (χ0) is 20.8. The second kappa shape index (κ2) is 9.23. The molecule has 30 heavy (non-hydrogen) atoms. The maximum Gasteiger partial charge on any atom is 0.0570 e. The third-order valence-corrected chi connectivity index (χ3v) is 5.10. The molecule has 2 aromatic carbocycles. The Morgan fingerprint density at radius 1 is 0.667 bits per heavy atom. The predicted molar refractivity (Wildman–Crippen MR) is 126 cm³/mol. The molecule has 4 rings (SSSR count). The number of aryl methyl sites for hydroxylation is 2. The third kappa shape index (κ3) is 4.66. The van der Waals surface area contributed by atoms with Crippen LogP contribution in [0.1, 0.15) is 25.0 Å². The highest BCUT2D eigenvalue weighted by atomic mass is 14.9. The van der Waals surface area contributed by atoms with Gasteiger partial charge in [-0.05, 0) is 83.6 Å². The van der Waals surface area contributed by atoms with Crippen LogP contribution in [-0.2, 0) is 12.8 Å². The van der Waals surface area contributed by atoms with Crippen LogP contribution in [-0.4, -0.2) is 9.97 Å². The first-order chi connectivity index (χ1) is 14.7. The van der Waals surface area contributed by atoms with E-state index in [0.717, 1.165) is 35.6 Å². The van der Waals surface area contributed by atoms with E-state index >= 15 is 0 Å². The minimum atomic E-state index is 0.976. The summed E-state index contributed by atoms with van der Waals surface area (Å²) in [7, 11) is 0. The first-order valence-corrected chi connectivity index (χ1v) is 10.4. The lowest BCUT2D eigenvalue weighted by molar-refractivity contribution is 1.13. The average Bonchev–Trinajstić information content (AvgIpc) is 2.80. The van der Waals surface area contributed by atoms with E-state index in [-0.39, 0.29) is 0 Å². The maximum absolute atomic E-state index is 4.21. The highest BCUT2D eigenvalue weighted by Gasteiger charge is 2.09. The van der Waals surface area contributed by atoms with E-state index in [4.69, 9.17) is 0 Å². The molecule has 0 aliphatic carbocycles. The van der Waals surface area contributed by atoms with Crippen LogP contribution in [0.4, 0.5) is 22.7 Å². The molecule has 150 valence electrons. The molecule has 0 atom stereocenters. The molecule has 0 fully saturated rings. The van der Waals surface area contributed by atoms with Crippen LogP contribution in [0, 0.1) is 0 Å². The lowest BCUT2D eigenvalue weighted by Crippen LogP contribution is -1.97. The van der Waals surface area contributed by atoms with Crippen LogP contribution >= 0.6 is 0 Å². The van der Waals surface area contributed by atoms with Gasteiger partial charge in [-0.15, -0.1) is 0 Å². The van der Waals surface area contributed by atoms with Gasteiger partial charge in [0.25, 0.3) is 0 Å². The fraction of sp³-hybridized carbons (Fsp3) is 0.154. The van der Waals surface area contributed by atoms with Crippen LogP contribution < -0.4 is 10.6 Å². The van der Waals surface area contributed by atoms with Crippen molar-refractivity contribution in [1.82, 2.24) is 9.97 Å². The molecule has 2 heterocycles. The number of hydrogen-bond donors (Lipinski definition) is 2. The van der Waals surface area contributed by atoms with E-state index in [1.54, 1.807) is 12.4 Å². The fourth-order valence-corrected chi connectivity index (χ4v) is 3.56. The molecule has 0 bridgehead atoms. The molecular formula is C26H26N4. The summed E-state index contributed by atoms with van der Waals surface area (Å²) in [6.45, 7) is 4.39. The van der Waals surface area contributed by atoms with E-state index in [1.807, 2.05) is 36.7 Å². The Morgan fingerprint density at radius 3 is 1.97 bits per heavy atom. The number of rotatable bonds is 7. The number of nitrogens with one attached hydrogen (secondary N) is 2. The minimum Gasteiger partial charge on any atom is -0.354 e. The Morgan fingerprint density at radius 2 is 1.37 bits per heavy atom. The molecule has 4 aromatic rings. The standard InChI is InChI=1S/C26H26N4/c1-3-19-13-21(15-25(14-19)30-24-8-6-12-28-18-24)26-16-22(10-9-20(26)4-2)29-23-7-5-11-27-17-23/h5-18,29-30H,3-4H2,1-2H3. The molecule has 4 heteroatoms. The van der Waals surface area contributed by atoms with Crippen LogP contribution in [0.3, 0.4) is 0 Å². The monoisotopic (exact) mass is 394 g/mol. The largest absolute Gasteiger partial charge is 0.354 e. The van der Waals surface area contributed by atoms with E-state index in [2.05, 4.69) is 70.8 Å². The second-order valence-electron chi connectivity index (χ2n) is 7.23. The maximum atomic E-state index is 4.21. The van der Waals surface area contributed by atoms with Crippen molar-refractivity contribution >= 4 is 22.7 Å². The van der Waals surface area contributed by atoms with Crippen LogP contribution in [0.2, 0.25) is 0 Å². The quantitative estimate of drug-likeness (QED) is 0.364. The SMILES string of the molecule is CCc1cc(Nc2cccnc2)cc(-c2cc(Nc3cccnc3)ccc2CC)c1. The van der Waals surface area contributed by atoms with Crippen molar-refractivity contribution in [3.8, 4) is 11.1 Å². The van der Waals surface area contributed by atoms with Crippen LogP contribution in [0.25, 0.3) is 11.1 Å². The minimum absolute atomic E-state index is 0.976. The number of nitrogens with zero attached hydrogens (tertiary/aromatic N) is 2. The summed E-state index contributed by atoms with van der Waals surface area (Å²) in [5, 5.41) is 6.96. The smallest absolute Gasteiger partial charge is 0.0570 e. The number of anilines is 4. The van der Waals surface area contributed by atoms with Gasteiger partial charge in [-0.2, -0.15) is 0 Å². The van der Waals surface area contributed by atoms with Gasteiger partial charge < -0.3 is 10.6 Å². The average molecular weight is 395 g/mol. The number of hydrogen-bond acceptors (Lipinski definition) is 4. The molecule has 0 saturated heterocycles. The molecular weight excluding hydrogens is 368 g/mol. The molecule has 0 radical (unpaired) electrons. The van der Waals surface area contributed by atoms with Gasteiger partial charge in [0.1, 0.15) is 0 Å². The van der Waals surface area contributed by atoms with Gasteiger partial charge in [0.2, 0.25) is 0 Å². The van der Waals surface area contributed by atoms with Crippen molar-refractivity contribution in [1.29, 1.82) is 0 Å². The van der Waals surface area contributed by atoms with Crippen molar-refractivity contribution in [2.24, 2.45) is 0 Å². The zero-order valence-electron chi connectivity index (χ0n) is 17.4. The van der Waals surface area contributed by atoms with E-state index in [1.165, 1.54) is 22.3 Å². The molecule has 2 N–H and O–H groups in total. The third-order valence-electron chi connectivity index (χ3n) is 5.10. The topological polar surface area (TPSA) is 49.8 Å². The lowest BCUT2D eigenvalue weighted by atomic mass is 9.95. The molecule has 0 amide bonds. The second-order valence-corrected chi connectivity index (χ2v) is 7.23. The normalized spacial score (nSPS) is 10.6. The fourth-order valence-electron chi connectivity index (χ4n) is 3.56. The zero-order valence-corrected chi connectivity index (χ0v) is 17.4. The van der Waals surface area contributed by atoms with Crippen LogP contribution in [0.5, 0.6) is 0 Å². The Kier molecular flexibility index (Phi) is 6.04. The number of aromatic nitrogens is 2. The molecule has 2 aromatic heterocycles. The van der Waals surface area contributed by atoms with Gasteiger partial charge in [0.15, 0.2) is 0 Å². The first kappa shape index (κ1) is 19.6. The van der Waals surface area contributed by atoms with Gasteiger partial charge in [-0.3, -0.25) is 9.97 Å². The van der Waals surface area contributed by atoms with Crippen molar-refractivity contribution in [2.45, 2.75) is 26.7 Å². The molecule has 0 saturated carbocycles. The molecule has 0 aliphatic heterocycles.